The lowest BCUT2D eigenvalue weighted by Crippen LogP contribution is -2.22. The van der Waals surface area contributed by atoms with Crippen LogP contribution in [0.15, 0.2) is 58.2 Å². The van der Waals surface area contributed by atoms with Crippen LogP contribution in [-0.4, -0.2) is 21.1 Å². The molecule has 0 radical (unpaired) electrons. The maximum Gasteiger partial charge on any atom is 0.237 e. The van der Waals surface area contributed by atoms with Crippen LogP contribution in [0.3, 0.4) is 0 Å². The third-order valence-electron chi connectivity index (χ3n) is 5.15. The Bertz CT molecular complexity index is 1200. The molecule has 5 rings (SSSR count). The van der Waals surface area contributed by atoms with Gasteiger partial charge in [-0.05, 0) is 61.6 Å². The van der Waals surface area contributed by atoms with Gasteiger partial charge in [-0.15, -0.1) is 0 Å². The number of fused-ring (bicyclic) bond motifs is 4. The van der Waals surface area contributed by atoms with E-state index in [1.807, 2.05) is 37.3 Å². The van der Waals surface area contributed by atoms with Gasteiger partial charge in [-0.3, -0.25) is 4.79 Å². The van der Waals surface area contributed by atoms with Gasteiger partial charge in [-0.25, -0.2) is 9.97 Å². The smallest absolute Gasteiger partial charge is 0.237 e. The van der Waals surface area contributed by atoms with E-state index in [2.05, 4.69) is 27.4 Å². The molecule has 28 heavy (non-hydrogen) atoms. The largest absolute Gasteiger partial charge is 0.451 e. The highest BCUT2D eigenvalue weighted by Crippen LogP contribution is 2.34. The quantitative estimate of drug-likeness (QED) is 0.394. The van der Waals surface area contributed by atoms with Gasteiger partial charge in [0, 0.05) is 11.1 Å². The molecule has 1 aliphatic carbocycles. The number of aromatic nitrogens is 2. The molecule has 6 heteroatoms. The summed E-state index contributed by atoms with van der Waals surface area (Å²) in [5.74, 6) is -0.0502. The molecule has 0 spiro atoms. The van der Waals surface area contributed by atoms with E-state index < -0.39 is 0 Å². The fourth-order valence-electron chi connectivity index (χ4n) is 3.70. The highest BCUT2D eigenvalue weighted by atomic mass is 32.2. The number of furan rings is 1. The first-order valence-corrected chi connectivity index (χ1v) is 10.3. The Kier molecular flexibility index (Phi) is 4.28. The third kappa shape index (κ3) is 3.03. The van der Waals surface area contributed by atoms with Crippen LogP contribution < -0.4 is 5.32 Å². The van der Waals surface area contributed by atoms with Gasteiger partial charge in [0.15, 0.2) is 5.58 Å². The first kappa shape index (κ1) is 17.3. The topological polar surface area (TPSA) is 68.0 Å². The maximum atomic E-state index is 12.7. The minimum Gasteiger partial charge on any atom is -0.451 e. The molecule has 0 aliphatic heterocycles. The minimum atomic E-state index is -0.320. The minimum absolute atomic E-state index is 0.0502. The molecular weight excluding hydrogens is 370 g/mol. The number of amides is 1. The Morgan fingerprint density at radius 2 is 2.00 bits per heavy atom. The lowest BCUT2D eigenvalue weighted by Gasteiger charge is -2.12. The molecule has 0 saturated carbocycles. The van der Waals surface area contributed by atoms with Crippen molar-refractivity contribution in [2.45, 2.75) is 36.5 Å². The first-order chi connectivity index (χ1) is 13.7. The monoisotopic (exact) mass is 389 g/mol. The van der Waals surface area contributed by atoms with Crippen molar-refractivity contribution in [2.75, 3.05) is 5.32 Å². The number of nitrogens with one attached hydrogen (secondary N) is 1. The molecule has 1 N–H and O–H groups in total. The van der Waals surface area contributed by atoms with E-state index in [4.69, 9.17) is 4.42 Å². The molecule has 1 atom stereocenters. The normalized spacial score (nSPS) is 14.3. The average Bonchev–Trinajstić information content (AvgIpc) is 3.32. The van der Waals surface area contributed by atoms with Crippen LogP contribution in [0, 0.1) is 0 Å². The van der Waals surface area contributed by atoms with Crippen molar-refractivity contribution >= 4 is 45.4 Å². The summed E-state index contributed by atoms with van der Waals surface area (Å²) in [6.45, 7) is 1.88. The van der Waals surface area contributed by atoms with Crippen LogP contribution in [0.1, 0.15) is 24.5 Å². The van der Waals surface area contributed by atoms with Crippen LogP contribution in [0.25, 0.3) is 22.1 Å². The number of para-hydroxylation sites is 1. The molecule has 5 nitrogen and oxygen atoms in total. The van der Waals surface area contributed by atoms with Crippen LogP contribution >= 0.6 is 11.8 Å². The Hall–Kier alpha value is -2.86. The van der Waals surface area contributed by atoms with Gasteiger partial charge in [0.1, 0.15) is 22.5 Å². The van der Waals surface area contributed by atoms with Crippen LogP contribution in [0.2, 0.25) is 0 Å². The second-order valence-corrected chi connectivity index (χ2v) is 8.37. The second kappa shape index (κ2) is 6.95. The number of hydrogen-bond acceptors (Lipinski definition) is 5. The number of hydrogen-bond donors (Lipinski definition) is 1. The lowest BCUT2D eigenvalue weighted by atomic mass is 10.1. The molecule has 4 aromatic rings. The zero-order chi connectivity index (χ0) is 19.1. The Labute approximate surface area is 166 Å². The van der Waals surface area contributed by atoms with Crippen LogP contribution in [-0.2, 0) is 17.6 Å². The highest BCUT2D eigenvalue weighted by molar-refractivity contribution is 8.00. The van der Waals surface area contributed by atoms with E-state index in [1.165, 1.54) is 35.6 Å². The summed E-state index contributed by atoms with van der Waals surface area (Å²) < 4.78 is 5.96. The number of carbonyl (C=O) groups excluding carboxylic acids is 1. The van der Waals surface area contributed by atoms with Gasteiger partial charge in [0.25, 0.3) is 0 Å². The maximum absolute atomic E-state index is 12.7. The number of nitrogens with zero attached hydrogens (tertiary/aromatic N) is 2. The number of rotatable bonds is 4. The number of thioether (sulfide) groups is 1. The number of carbonyl (C=O) groups is 1. The lowest BCUT2D eigenvalue weighted by molar-refractivity contribution is -0.115. The molecule has 2 aromatic heterocycles. The number of aryl methyl sites for hydroxylation is 2. The molecule has 1 aliphatic rings. The summed E-state index contributed by atoms with van der Waals surface area (Å²) in [6.07, 6.45) is 4.95. The SMILES string of the molecule is C[C@@H](Sc1ncnc2c1oc1ccccc12)C(=O)Nc1ccc2c(c1)CCC2. The molecule has 0 bridgehead atoms. The fourth-order valence-corrected chi connectivity index (χ4v) is 4.56. The first-order valence-electron chi connectivity index (χ1n) is 9.40. The molecule has 0 fully saturated rings. The summed E-state index contributed by atoms with van der Waals surface area (Å²) in [5, 5.41) is 4.35. The summed E-state index contributed by atoms with van der Waals surface area (Å²) in [7, 11) is 0. The van der Waals surface area contributed by atoms with Gasteiger partial charge in [0.05, 0.1) is 5.25 Å². The van der Waals surface area contributed by atoms with E-state index in [-0.39, 0.29) is 11.2 Å². The standard InChI is InChI=1S/C22H19N3O2S/c1-13(21(26)25-16-10-9-14-5-4-6-15(14)11-16)28-22-20-19(23-12-24-22)17-7-2-3-8-18(17)27-20/h2-3,7-13H,4-6H2,1H3,(H,25,26)/t13-/m1/s1. The predicted molar refractivity (Wildman–Crippen MR) is 112 cm³/mol. The Morgan fingerprint density at radius 3 is 2.93 bits per heavy atom. The van der Waals surface area contributed by atoms with Crippen molar-refractivity contribution in [3.05, 3.63) is 59.9 Å². The molecule has 2 aromatic carbocycles. The van der Waals surface area contributed by atoms with E-state index in [0.717, 1.165) is 35.0 Å². The van der Waals surface area contributed by atoms with Crippen molar-refractivity contribution in [3.63, 3.8) is 0 Å². The predicted octanol–water partition coefficient (Wildman–Crippen LogP) is 4.98. The van der Waals surface area contributed by atoms with Crippen molar-refractivity contribution in [1.29, 1.82) is 0 Å². The van der Waals surface area contributed by atoms with Crippen molar-refractivity contribution < 1.29 is 9.21 Å². The molecule has 0 unspecified atom stereocenters. The van der Waals surface area contributed by atoms with Gasteiger partial charge < -0.3 is 9.73 Å². The Balaban J connectivity index is 1.37. The molecular formula is C22H19N3O2S. The van der Waals surface area contributed by atoms with Crippen molar-refractivity contribution in [2.24, 2.45) is 0 Å². The van der Waals surface area contributed by atoms with E-state index in [1.54, 1.807) is 0 Å². The molecule has 0 saturated heterocycles. The fraction of sp³-hybridized carbons (Fsp3) is 0.227. The third-order valence-corrected chi connectivity index (χ3v) is 6.23. The van der Waals surface area contributed by atoms with Gasteiger partial charge in [-0.1, -0.05) is 30.0 Å². The van der Waals surface area contributed by atoms with E-state index in [9.17, 15) is 4.79 Å². The van der Waals surface area contributed by atoms with Crippen molar-refractivity contribution in [3.8, 4) is 0 Å². The highest BCUT2D eigenvalue weighted by Gasteiger charge is 2.20. The summed E-state index contributed by atoms with van der Waals surface area (Å²) in [5.41, 5.74) is 5.78. The van der Waals surface area contributed by atoms with Crippen molar-refractivity contribution in [1.82, 2.24) is 9.97 Å². The number of anilines is 1. The second-order valence-electron chi connectivity index (χ2n) is 7.04. The van der Waals surface area contributed by atoms with Crippen LogP contribution in [0.5, 0.6) is 0 Å². The Morgan fingerprint density at radius 1 is 1.14 bits per heavy atom. The average molecular weight is 389 g/mol. The molecule has 2 heterocycles. The zero-order valence-corrected chi connectivity index (χ0v) is 16.3. The van der Waals surface area contributed by atoms with E-state index in [0.29, 0.717) is 10.6 Å². The molecule has 1 amide bonds. The number of benzene rings is 2. The summed E-state index contributed by atoms with van der Waals surface area (Å²) >= 11 is 1.38. The van der Waals surface area contributed by atoms with Gasteiger partial charge in [0.2, 0.25) is 5.91 Å². The summed E-state index contributed by atoms with van der Waals surface area (Å²) in [6, 6.07) is 14.0. The van der Waals surface area contributed by atoms with Crippen LogP contribution in [0.4, 0.5) is 5.69 Å². The van der Waals surface area contributed by atoms with Gasteiger partial charge in [-0.2, -0.15) is 0 Å². The zero-order valence-electron chi connectivity index (χ0n) is 15.4. The molecule has 140 valence electrons. The van der Waals surface area contributed by atoms with Gasteiger partial charge >= 0.3 is 0 Å². The summed E-state index contributed by atoms with van der Waals surface area (Å²) in [4.78, 5) is 21.4. The van der Waals surface area contributed by atoms with E-state index >= 15 is 0 Å².